The van der Waals surface area contributed by atoms with Crippen molar-refractivity contribution in [2.75, 3.05) is 5.32 Å². The van der Waals surface area contributed by atoms with Crippen LogP contribution in [0.25, 0.3) is 0 Å². The largest absolute Gasteiger partial charge is 0.323 e. The Balaban J connectivity index is 2.11. The van der Waals surface area contributed by atoms with Crippen molar-refractivity contribution in [3.05, 3.63) is 50.4 Å². The van der Waals surface area contributed by atoms with E-state index >= 15 is 0 Å². The number of thiocarbonyl (C=S) groups is 1. The van der Waals surface area contributed by atoms with E-state index < -0.39 is 0 Å². The van der Waals surface area contributed by atoms with Crippen LogP contribution in [-0.2, 0) is 0 Å². The predicted octanol–water partition coefficient (Wildman–Crippen LogP) is 4.33. The fourth-order valence-corrected chi connectivity index (χ4v) is 3.35. The number of aryl methyl sites for hydroxylation is 2. The minimum Gasteiger partial charge on any atom is -0.323 e. The van der Waals surface area contributed by atoms with Gasteiger partial charge < -0.3 is 5.32 Å². The Hall–Kier alpha value is -1.94. The molecule has 0 saturated heterocycles. The van der Waals surface area contributed by atoms with Crippen molar-refractivity contribution >= 4 is 51.2 Å². The van der Waals surface area contributed by atoms with E-state index in [2.05, 4.69) is 16.7 Å². The molecule has 0 unspecified atom stereocenters. The van der Waals surface area contributed by atoms with E-state index in [1.165, 1.54) is 11.3 Å². The van der Waals surface area contributed by atoms with Crippen LogP contribution in [0.1, 0.15) is 31.9 Å². The van der Waals surface area contributed by atoms with Crippen LogP contribution in [0.4, 0.5) is 5.00 Å². The molecule has 2 rings (SSSR count). The van der Waals surface area contributed by atoms with Crippen molar-refractivity contribution in [3.63, 3.8) is 0 Å². The van der Waals surface area contributed by atoms with Crippen LogP contribution in [0.2, 0.25) is 5.02 Å². The van der Waals surface area contributed by atoms with Crippen LogP contribution in [-0.4, -0.2) is 11.0 Å². The minimum atomic E-state index is -0.354. The predicted molar refractivity (Wildman–Crippen MR) is 98.4 cm³/mol. The van der Waals surface area contributed by atoms with Gasteiger partial charge in [-0.3, -0.25) is 10.1 Å². The summed E-state index contributed by atoms with van der Waals surface area (Å²) in [7, 11) is 0. The summed E-state index contributed by atoms with van der Waals surface area (Å²) in [6.07, 6.45) is 0. The number of nitriles is 1. The number of thiophene rings is 1. The van der Waals surface area contributed by atoms with Crippen LogP contribution in [0.15, 0.2) is 18.2 Å². The highest BCUT2D eigenvalue weighted by atomic mass is 35.5. The summed E-state index contributed by atoms with van der Waals surface area (Å²) >= 11 is 12.6. The van der Waals surface area contributed by atoms with Gasteiger partial charge in [-0.05, 0) is 56.2 Å². The van der Waals surface area contributed by atoms with Gasteiger partial charge >= 0.3 is 0 Å². The number of nitrogens with one attached hydrogen (secondary N) is 2. The lowest BCUT2D eigenvalue weighted by Gasteiger charge is -2.09. The van der Waals surface area contributed by atoms with E-state index in [0.29, 0.717) is 21.2 Å². The molecule has 0 aliphatic heterocycles. The third-order valence-electron chi connectivity index (χ3n) is 3.39. The van der Waals surface area contributed by atoms with E-state index in [1.807, 2.05) is 20.8 Å². The number of amides is 1. The summed E-state index contributed by atoms with van der Waals surface area (Å²) in [5, 5.41) is 16.0. The lowest BCUT2D eigenvalue weighted by atomic mass is 10.1. The lowest BCUT2D eigenvalue weighted by molar-refractivity contribution is 0.0977. The van der Waals surface area contributed by atoms with Gasteiger partial charge in [0.15, 0.2) is 5.11 Å². The molecule has 118 valence electrons. The number of benzene rings is 1. The quantitative estimate of drug-likeness (QED) is 0.779. The molecule has 1 aromatic heterocycles. The number of anilines is 1. The molecule has 0 spiro atoms. The van der Waals surface area contributed by atoms with Gasteiger partial charge in [-0.15, -0.1) is 11.3 Å². The number of rotatable bonds is 2. The van der Waals surface area contributed by atoms with E-state index in [-0.39, 0.29) is 11.0 Å². The second kappa shape index (κ2) is 7.09. The molecule has 23 heavy (non-hydrogen) atoms. The molecule has 4 nitrogen and oxygen atoms in total. The van der Waals surface area contributed by atoms with Crippen LogP contribution in [0.3, 0.4) is 0 Å². The number of hydrogen-bond acceptors (Lipinski definition) is 4. The molecule has 0 atom stereocenters. The molecule has 1 amide bonds. The first kappa shape index (κ1) is 17.4. The molecule has 2 N–H and O–H groups in total. The van der Waals surface area contributed by atoms with Crippen molar-refractivity contribution in [1.82, 2.24) is 5.32 Å². The Morgan fingerprint density at radius 1 is 1.35 bits per heavy atom. The second-order valence-corrected chi connectivity index (χ2v) is 7.01. The zero-order valence-electron chi connectivity index (χ0n) is 12.8. The summed E-state index contributed by atoms with van der Waals surface area (Å²) in [4.78, 5) is 13.2. The van der Waals surface area contributed by atoms with Gasteiger partial charge in [0.2, 0.25) is 0 Å². The normalized spacial score (nSPS) is 10.0. The Labute approximate surface area is 149 Å². The summed E-state index contributed by atoms with van der Waals surface area (Å²) < 4.78 is 0. The maximum absolute atomic E-state index is 12.2. The van der Waals surface area contributed by atoms with Gasteiger partial charge in [0.25, 0.3) is 5.91 Å². The highest BCUT2D eigenvalue weighted by Gasteiger charge is 2.15. The van der Waals surface area contributed by atoms with Gasteiger partial charge in [0, 0.05) is 15.5 Å². The van der Waals surface area contributed by atoms with E-state index in [4.69, 9.17) is 23.8 Å². The number of halogens is 1. The highest BCUT2D eigenvalue weighted by molar-refractivity contribution is 7.80. The number of carbonyl (C=O) groups is 1. The molecule has 0 radical (unpaired) electrons. The van der Waals surface area contributed by atoms with Gasteiger partial charge in [-0.2, -0.15) is 5.26 Å². The van der Waals surface area contributed by atoms with E-state index in [1.54, 1.807) is 18.2 Å². The van der Waals surface area contributed by atoms with Crippen molar-refractivity contribution in [3.8, 4) is 6.07 Å². The third kappa shape index (κ3) is 3.88. The molecule has 7 heteroatoms. The first-order chi connectivity index (χ1) is 10.8. The Bertz CT molecular complexity index is 837. The van der Waals surface area contributed by atoms with Gasteiger partial charge in [0.05, 0.1) is 5.56 Å². The van der Waals surface area contributed by atoms with Gasteiger partial charge in [0.1, 0.15) is 11.1 Å². The van der Waals surface area contributed by atoms with Crippen molar-refractivity contribution in [2.45, 2.75) is 20.8 Å². The highest BCUT2D eigenvalue weighted by Crippen LogP contribution is 2.31. The molecular formula is C16H14ClN3OS2. The molecule has 0 saturated carbocycles. The van der Waals surface area contributed by atoms with Crippen molar-refractivity contribution < 1.29 is 4.79 Å². The Kier molecular flexibility index (Phi) is 5.37. The average molecular weight is 364 g/mol. The number of hydrogen-bond donors (Lipinski definition) is 2. The topological polar surface area (TPSA) is 64.9 Å². The molecule has 0 aliphatic carbocycles. The van der Waals surface area contributed by atoms with Crippen molar-refractivity contribution in [2.24, 2.45) is 0 Å². The smallest absolute Gasteiger partial charge is 0.257 e. The Morgan fingerprint density at radius 2 is 2.04 bits per heavy atom. The molecular weight excluding hydrogens is 350 g/mol. The molecule has 0 fully saturated rings. The minimum absolute atomic E-state index is 0.143. The summed E-state index contributed by atoms with van der Waals surface area (Å²) in [5.41, 5.74) is 2.78. The van der Waals surface area contributed by atoms with E-state index in [0.717, 1.165) is 16.0 Å². The standard InChI is InChI=1S/C16H14ClN3OS2/c1-8-4-5-11(6-13(8)17)14(21)19-16(22)20-15-12(7-18)9(2)10(3)23-15/h4-6H,1-3H3,(H2,19,20,21,22). The van der Waals surface area contributed by atoms with Crippen LogP contribution in [0.5, 0.6) is 0 Å². The maximum Gasteiger partial charge on any atom is 0.257 e. The first-order valence-corrected chi connectivity index (χ1v) is 8.32. The van der Waals surface area contributed by atoms with Crippen LogP contribution < -0.4 is 10.6 Å². The SMILES string of the molecule is Cc1ccc(C(=O)NC(=S)Nc2sc(C)c(C)c2C#N)cc1Cl. The first-order valence-electron chi connectivity index (χ1n) is 6.72. The molecule has 1 heterocycles. The maximum atomic E-state index is 12.2. The lowest BCUT2D eigenvalue weighted by Crippen LogP contribution is -2.34. The fourth-order valence-electron chi connectivity index (χ4n) is 1.89. The molecule has 1 aromatic carbocycles. The summed E-state index contributed by atoms with van der Waals surface area (Å²) in [6.45, 7) is 5.68. The number of carbonyl (C=O) groups excluding carboxylic acids is 1. The van der Waals surface area contributed by atoms with Crippen molar-refractivity contribution in [1.29, 1.82) is 5.26 Å². The average Bonchev–Trinajstić information content (AvgIpc) is 2.75. The Morgan fingerprint density at radius 3 is 2.65 bits per heavy atom. The molecule has 0 aliphatic rings. The van der Waals surface area contributed by atoms with E-state index in [9.17, 15) is 10.1 Å². The third-order valence-corrected chi connectivity index (χ3v) is 5.12. The second-order valence-electron chi connectivity index (χ2n) is 4.97. The summed E-state index contributed by atoms with van der Waals surface area (Å²) in [5.74, 6) is -0.354. The van der Waals surface area contributed by atoms with Gasteiger partial charge in [-0.1, -0.05) is 17.7 Å². The van der Waals surface area contributed by atoms with Gasteiger partial charge in [-0.25, -0.2) is 0 Å². The zero-order chi connectivity index (χ0) is 17.1. The summed E-state index contributed by atoms with van der Waals surface area (Å²) in [6, 6.07) is 7.19. The fraction of sp³-hybridized carbons (Fsp3) is 0.188. The number of nitrogens with zero attached hydrogens (tertiary/aromatic N) is 1. The zero-order valence-corrected chi connectivity index (χ0v) is 15.2. The molecule has 2 aromatic rings. The van der Waals surface area contributed by atoms with Crippen LogP contribution in [0, 0.1) is 32.1 Å². The molecule has 0 bridgehead atoms. The monoisotopic (exact) mass is 363 g/mol. The van der Waals surface area contributed by atoms with Crippen LogP contribution >= 0.6 is 35.2 Å².